The zero-order chi connectivity index (χ0) is 17.5. The van der Waals surface area contributed by atoms with Gasteiger partial charge in [0.1, 0.15) is 5.75 Å². The summed E-state index contributed by atoms with van der Waals surface area (Å²) < 4.78 is 64.1. The molecule has 1 aliphatic carbocycles. The van der Waals surface area contributed by atoms with E-state index in [1.165, 1.54) is 24.3 Å². The van der Waals surface area contributed by atoms with E-state index in [9.17, 15) is 17.6 Å². The number of benzene rings is 2. The highest BCUT2D eigenvalue weighted by Crippen LogP contribution is 2.56. The molecule has 0 aliphatic heterocycles. The first kappa shape index (κ1) is 16.8. The Morgan fingerprint density at radius 2 is 1.58 bits per heavy atom. The number of alkyl halides is 4. The van der Waals surface area contributed by atoms with Crippen molar-refractivity contribution in [3.8, 4) is 5.75 Å². The lowest BCUT2D eigenvalue weighted by Crippen LogP contribution is -2.35. The maximum Gasteiger partial charge on any atom is 0.340 e. The Balaban J connectivity index is 2.34. The average Bonchev–Trinajstić information content (AvgIpc) is 2.60. The third kappa shape index (κ3) is 2.28. The van der Waals surface area contributed by atoms with E-state index < -0.39 is 28.9 Å². The van der Waals surface area contributed by atoms with E-state index in [-0.39, 0.29) is 17.7 Å². The first-order valence-electron chi connectivity index (χ1n) is 7.67. The van der Waals surface area contributed by atoms with Crippen LogP contribution in [-0.4, -0.2) is 13.2 Å². The second kappa shape index (κ2) is 5.77. The number of nitrogens with two attached hydrogens (primary N) is 1. The number of hydrogen-bond donors (Lipinski definition) is 1. The van der Waals surface area contributed by atoms with Crippen LogP contribution in [0.3, 0.4) is 0 Å². The van der Waals surface area contributed by atoms with Gasteiger partial charge in [0.25, 0.3) is 0 Å². The predicted molar refractivity (Wildman–Crippen MR) is 82.7 cm³/mol. The van der Waals surface area contributed by atoms with Crippen molar-refractivity contribution in [3.05, 3.63) is 64.7 Å². The lowest BCUT2D eigenvalue weighted by molar-refractivity contribution is -0.223. The summed E-state index contributed by atoms with van der Waals surface area (Å²) in [5, 5.41) is 0. The van der Waals surface area contributed by atoms with Crippen molar-refractivity contribution in [2.75, 3.05) is 13.2 Å². The SMILES string of the molecule is CCOc1ccc2c(c1)C(CN)c1ccccc1C(F)(F)C2(F)F. The van der Waals surface area contributed by atoms with Crippen LogP contribution in [0.5, 0.6) is 5.75 Å². The van der Waals surface area contributed by atoms with Gasteiger partial charge >= 0.3 is 11.8 Å². The van der Waals surface area contributed by atoms with Crippen molar-refractivity contribution >= 4 is 0 Å². The van der Waals surface area contributed by atoms with Crippen LogP contribution in [0.4, 0.5) is 17.6 Å². The molecule has 1 unspecified atom stereocenters. The van der Waals surface area contributed by atoms with E-state index in [4.69, 9.17) is 10.5 Å². The highest BCUT2D eigenvalue weighted by Gasteiger charge is 2.62. The Bertz CT molecular complexity index is 760. The summed E-state index contributed by atoms with van der Waals surface area (Å²) in [6, 6.07) is 9.05. The quantitative estimate of drug-likeness (QED) is 0.843. The molecule has 0 saturated carbocycles. The van der Waals surface area contributed by atoms with Crippen molar-refractivity contribution < 1.29 is 22.3 Å². The van der Waals surface area contributed by atoms with E-state index >= 15 is 0 Å². The zero-order valence-corrected chi connectivity index (χ0v) is 13.0. The maximum atomic E-state index is 14.7. The molecule has 0 radical (unpaired) electrons. The third-order valence-corrected chi connectivity index (χ3v) is 4.35. The fraction of sp³-hybridized carbons (Fsp3) is 0.333. The van der Waals surface area contributed by atoms with Crippen LogP contribution in [0.1, 0.15) is 35.1 Å². The molecule has 0 bridgehead atoms. The topological polar surface area (TPSA) is 35.2 Å². The Kier molecular flexibility index (Phi) is 4.03. The Morgan fingerprint density at radius 1 is 0.958 bits per heavy atom. The standard InChI is InChI=1S/C18H17F4NO/c1-2-24-11-7-8-16-13(9-11)14(10-23)12-5-3-4-6-15(12)17(19,20)18(16,21)22/h3-9,14H,2,10,23H2,1H3. The molecule has 2 nitrogen and oxygen atoms in total. The van der Waals surface area contributed by atoms with Gasteiger partial charge in [-0.2, -0.15) is 17.6 Å². The molecule has 3 rings (SSSR count). The van der Waals surface area contributed by atoms with Gasteiger partial charge in [0, 0.05) is 23.6 Å². The molecule has 2 aromatic carbocycles. The molecule has 128 valence electrons. The maximum absolute atomic E-state index is 14.7. The second-order valence-corrected chi connectivity index (χ2v) is 5.71. The van der Waals surface area contributed by atoms with E-state index in [1.807, 2.05) is 0 Å². The van der Waals surface area contributed by atoms with Crippen LogP contribution < -0.4 is 10.5 Å². The minimum Gasteiger partial charge on any atom is -0.494 e. The Morgan fingerprint density at radius 3 is 2.21 bits per heavy atom. The van der Waals surface area contributed by atoms with Crippen LogP contribution in [0.25, 0.3) is 0 Å². The van der Waals surface area contributed by atoms with Crippen molar-refractivity contribution in [1.29, 1.82) is 0 Å². The largest absolute Gasteiger partial charge is 0.494 e. The first-order chi connectivity index (χ1) is 11.3. The summed E-state index contributed by atoms with van der Waals surface area (Å²) >= 11 is 0. The van der Waals surface area contributed by atoms with E-state index in [1.54, 1.807) is 13.0 Å². The smallest absolute Gasteiger partial charge is 0.340 e. The lowest BCUT2D eigenvalue weighted by Gasteiger charge is -2.27. The first-order valence-corrected chi connectivity index (χ1v) is 7.67. The Hall–Kier alpha value is -2.08. The molecule has 24 heavy (non-hydrogen) atoms. The molecule has 0 fully saturated rings. The normalized spacial score (nSPS) is 20.7. The van der Waals surface area contributed by atoms with E-state index in [2.05, 4.69) is 0 Å². The Labute approximate surface area is 137 Å². The summed E-state index contributed by atoms with van der Waals surface area (Å²) in [4.78, 5) is 0. The van der Waals surface area contributed by atoms with Crippen LogP contribution in [0.15, 0.2) is 42.5 Å². The molecule has 0 heterocycles. The molecule has 1 aliphatic rings. The number of hydrogen-bond acceptors (Lipinski definition) is 2. The van der Waals surface area contributed by atoms with E-state index in [0.717, 1.165) is 12.1 Å². The van der Waals surface area contributed by atoms with Crippen molar-refractivity contribution in [2.24, 2.45) is 5.73 Å². The van der Waals surface area contributed by atoms with Gasteiger partial charge in [-0.1, -0.05) is 24.3 Å². The summed E-state index contributed by atoms with van der Waals surface area (Å²) in [7, 11) is 0. The fourth-order valence-corrected chi connectivity index (χ4v) is 3.22. The molecule has 1 atom stereocenters. The van der Waals surface area contributed by atoms with Crippen molar-refractivity contribution in [2.45, 2.75) is 24.7 Å². The van der Waals surface area contributed by atoms with Gasteiger partial charge < -0.3 is 10.5 Å². The molecule has 0 saturated heterocycles. The molecular weight excluding hydrogens is 322 g/mol. The monoisotopic (exact) mass is 339 g/mol. The van der Waals surface area contributed by atoms with Gasteiger partial charge in [0.2, 0.25) is 0 Å². The number of rotatable bonds is 3. The molecule has 0 aromatic heterocycles. The molecular formula is C18H17F4NO. The third-order valence-electron chi connectivity index (χ3n) is 4.35. The van der Waals surface area contributed by atoms with Gasteiger partial charge in [-0.15, -0.1) is 0 Å². The minimum absolute atomic E-state index is 0.0637. The molecule has 0 amide bonds. The van der Waals surface area contributed by atoms with Crippen LogP contribution >= 0.6 is 0 Å². The van der Waals surface area contributed by atoms with Crippen molar-refractivity contribution in [1.82, 2.24) is 0 Å². The average molecular weight is 339 g/mol. The van der Waals surface area contributed by atoms with Gasteiger partial charge in [-0.25, -0.2) is 0 Å². The highest BCUT2D eigenvalue weighted by atomic mass is 19.3. The summed E-state index contributed by atoms with van der Waals surface area (Å²) in [5.74, 6) is -9.06. The number of halogens is 4. The second-order valence-electron chi connectivity index (χ2n) is 5.71. The van der Waals surface area contributed by atoms with Crippen LogP contribution in [0, 0.1) is 0 Å². The highest BCUT2D eigenvalue weighted by molar-refractivity contribution is 5.52. The zero-order valence-electron chi connectivity index (χ0n) is 13.0. The van der Waals surface area contributed by atoms with E-state index in [0.29, 0.717) is 12.4 Å². The van der Waals surface area contributed by atoms with Crippen molar-refractivity contribution in [3.63, 3.8) is 0 Å². The number of fused-ring (bicyclic) bond motifs is 2. The lowest BCUT2D eigenvalue weighted by atomic mass is 9.88. The molecule has 2 N–H and O–H groups in total. The van der Waals surface area contributed by atoms with Gasteiger partial charge in [-0.3, -0.25) is 0 Å². The fourth-order valence-electron chi connectivity index (χ4n) is 3.22. The summed E-state index contributed by atoms with van der Waals surface area (Å²) in [6.45, 7) is 2.03. The number of ether oxygens (including phenoxy) is 1. The molecule has 6 heteroatoms. The minimum atomic E-state index is -4.34. The molecule has 0 spiro atoms. The van der Waals surface area contributed by atoms with Gasteiger partial charge in [0.05, 0.1) is 6.61 Å². The summed E-state index contributed by atoms with van der Waals surface area (Å²) in [6.07, 6.45) is 0. The summed E-state index contributed by atoms with van der Waals surface area (Å²) in [5.41, 5.74) is 4.59. The van der Waals surface area contributed by atoms with Crippen LogP contribution in [-0.2, 0) is 11.8 Å². The van der Waals surface area contributed by atoms with Gasteiger partial charge in [0.15, 0.2) is 0 Å². The predicted octanol–water partition coefficient (Wildman–Crippen LogP) is 4.37. The van der Waals surface area contributed by atoms with Crippen LogP contribution in [0.2, 0.25) is 0 Å². The van der Waals surface area contributed by atoms with Gasteiger partial charge in [-0.05, 0) is 36.2 Å². The molecule has 2 aromatic rings.